The maximum Gasteiger partial charge on any atom is 0.342 e. The smallest absolute Gasteiger partial charge is 0.342 e. The van der Waals surface area contributed by atoms with Crippen molar-refractivity contribution in [3.63, 3.8) is 0 Å². The Kier molecular flexibility index (Phi) is 6.51. The third kappa shape index (κ3) is 5.56. The Hall–Kier alpha value is -2.90. The molecule has 0 saturated heterocycles. The van der Waals surface area contributed by atoms with Crippen molar-refractivity contribution in [2.45, 2.75) is 26.9 Å². The third-order valence-corrected chi connectivity index (χ3v) is 5.24. The molecule has 1 heterocycles. The quantitative estimate of drug-likeness (QED) is 0.555. The molecule has 1 aromatic heterocycles. The van der Waals surface area contributed by atoms with Gasteiger partial charge in [-0.1, -0.05) is 23.7 Å². The molecule has 0 radical (unpaired) electrons. The van der Waals surface area contributed by atoms with E-state index >= 15 is 0 Å². The standard InChI is InChI=1S/C21H19ClN2O4S/c1-12-3-4-13(2)17(7-12)24-19(26)9-20-23-15(11-29-20)10-28-21(27)16-8-14(22)5-6-18(16)25/h3-8,11,25H,9-10H2,1-2H3,(H,24,26). The molecule has 1 amide bonds. The minimum absolute atomic E-state index is 0.0131. The molecule has 0 unspecified atom stereocenters. The maximum absolute atomic E-state index is 12.3. The van der Waals surface area contributed by atoms with Gasteiger partial charge in [0.15, 0.2) is 0 Å². The zero-order chi connectivity index (χ0) is 21.0. The lowest BCUT2D eigenvalue weighted by Crippen LogP contribution is -2.15. The van der Waals surface area contributed by atoms with Gasteiger partial charge in [-0.05, 0) is 49.2 Å². The Bertz CT molecular complexity index is 1060. The summed E-state index contributed by atoms with van der Waals surface area (Å²) in [6.07, 6.45) is 0.126. The number of halogens is 1. The summed E-state index contributed by atoms with van der Waals surface area (Å²) >= 11 is 7.15. The molecule has 3 rings (SSSR count). The second-order valence-electron chi connectivity index (χ2n) is 6.51. The highest BCUT2D eigenvalue weighted by Crippen LogP contribution is 2.23. The van der Waals surface area contributed by atoms with Crippen LogP contribution in [-0.4, -0.2) is 22.0 Å². The van der Waals surface area contributed by atoms with Crippen LogP contribution in [0.3, 0.4) is 0 Å². The third-order valence-electron chi connectivity index (χ3n) is 4.11. The molecule has 2 N–H and O–H groups in total. The van der Waals surface area contributed by atoms with Gasteiger partial charge in [-0.3, -0.25) is 4.79 Å². The fourth-order valence-corrected chi connectivity index (χ4v) is 3.54. The fraction of sp³-hybridized carbons (Fsp3) is 0.190. The van der Waals surface area contributed by atoms with Gasteiger partial charge >= 0.3 is 5.97 Å². The number of rotatable bonds is 6. The summed E-state index contributed by atoms with van der Waals surface area (Å²) < 4.78 is 5.18. The van der Waals surface area contributed by atoms with Gasteiger partial charge in [0.2, 0.25) is 5.91 Å². The van der Waals surface area contributed by atoms with Gasteiger partial charge in [0, 0.05) is 16.1 Å². The predicted octanol–water partition coefficient (Wildman–Crippen LogP) is 4.66. The first-order valence-electron chi connectivity index (χ1n) is 8.78. The summed E-state index contributed by atoms with van der Waals surface area (Å²) in [6, 6.07) is 10.0. The van der Waals surface area contributed by atoms with E-state index in [1.54, 1.807) is 5.38 Å². The second-order valence-corrected chi connectivity index (χ2v) is 7.89. The zero-order valence-electron chi connectivity index (χ0n) is 15.9. The average Bonchev–Trinajstić information content (AvgIpc) is 3.12. The monoisotopic (exact) mass is 430 g/mol. The maximum atomic E-state index is 12.3. The van der Waals surface area contributed by atoms with E-state index in [1.165, 1.54) is 29.5 Å². The number of amides is 1. The summed E-state index contributed by atoms with van der Waals surface area (Å²) in [7, 11) is 0. The first kappa shape index (κ1) is 20.8. The first-order chi connectivity index (χ1) is 13.8. The van der Waals surface area contributed by atoms with Crippen LogP contribution in [-0.2, 0) is 22.6 Å². The first-order valence-corrected chi connectivity index (χ1v) is 10.0. The summed E-state index contributed by atoms with van der Waals surface area (Å²) in [4.78, 5) is 28.7. The molecule has 3 aromatic rings. The molecule has 2 aromatic carbocycles. The Labute approximate surface area is 177 Å². The van der Waals surface area contributed by atoms with E-state index < -0.39 is 5.97 Å². The molecule has 150 valence electrons. The highest BCUT2D eigenvalue weighted by molar-refractivity contribution is 7.09. The highest BCUT2D eigenvalue weighted by atomic mass is 35.5. The van der Waals surface area contributed by atoms with Crippen molar-refractivity contribution >= 4 is 40.5 Å². The van der Waals surface area contributed by atoms with Crippen LogP contribution in [0.1, 0.15) is 32.2 Å². The fourth-order valence-electron chi connectivity index (χ4n) is 2.59. The minimum Gasteiger partial charge on any atom is -0.507 e. The molecule has 29 heavy (non-hydrogen) atoms. The van der Waals surface area contributed by atoms with Gasteiger partial charge < -0.3 is 15.2 Å². The summed E-state index contributed by atoms with van der Waals surface area (Å²) in [5.74, 6) is -1.07. The molecule has 0 spiro atoms. The number of phenols is 1. The number of carbonyl (C=O) groups excluding carboxylic acids is 2. The molecule has 0 aliphatic rings. The molecule has 6 nitrogen and oxygen atoms in total. The van der Waals surface area contributed by atoms with Gasteiger partial charge in [-0.15, -0.1) is 11.3 Å². The molecule has 0 aliphatic heterocycles. The van der Waals surface area contributed by atoms with E-state index in [1.807, 2.05) is 32.0 Å². The number of phenolic OH excluding ortho intramolecular Hbond substituents is 1. The SMILES string of the molecule is Cc1ccc(C)c(NC(=O)Cc2nc(COC(=O)c3cc(Cl)ccc3O)cs2)c1. The van der Waals surface area contributed by atoms with Crippen molar-refractivity contribution in [3.05, 3.63) is 74.2 Å². The lowest BCUT2D eigenvalue weighted by molar-refractivity contribution is -0.115. The van der Waals surface area contributed by atoms with Crippen LogP contribution < -0.4 is 5.32 Å². The van der Waals surface area contributed by atoms with E-state index in [4.69, 9.17) is 16.3 Å². The van der Waals surface area contributed by atoms with Gasteiger partial charge in [0.05, 0.1) is 12.1 Å². The van der Waals surface area contributed by atoms with Crippen molar-refractivity contribution in [1.29, 1.82) is 0 Å². The van der Waals surface area contributed by atoms with Crippen LogP contribution in [0.15, 0.2) is 41.8 Å². The normalized spacial score (nSPS) is 10.6. The Balaban J connectivity index is 1.56. The number of carbonyl (C=O) groups is 2. The minimum atomic E-state index is -0.702. The highest BCUT2D eigenvalue weighted by Gasteiger charge is 2.15. The van der Waals surface area contributed by atoms with Crippen LogP contribution >= 0.6 is 22.9 Å². The number of nitrogens with one attached hydrogen (secondary N) is 1. The summed E-state index contributed by atoms with van der Waals surface area (Å²) in [6.45, 7) is 3.83. The molecular weight excluding hydrogens is 412 g/mol. The Morgan fingerprint density at radius 2 is 2.00 bits per heavy atom. The van der Waals surface area contributed by atoms with Crippen molar-refractivity contribution in [2.24, 2.45) is 0 Å². The number of anilines is 1. The molecule has 0 bridgehead atoms. The lowest BCUT2D eigenvalue weighted by atomic mass is 10.1. The van der Waals surface area contributed by atoms with Crippen LogP contribution in [0.4, 0.5) is 5.69 Å². The van der Waals surface area contributed by atoms with E-state index in [-0.39, 0.29) is 30.2 Å². The number of nitrogens with zero attached hydrogens (tertiary/aromatic N) is 1. The molecular formula is C21H19ClN2O4S. The van der Waals surface area contributed by atoms with E-state index in [9.17, 15) is 14.7 Å². The number of benzene rings is 2. The average molecular weight is 431 g/mol. The van der Waals surface area contributed by atoms with Crippen molar-refractivity contribution in [1.82, 2.24) is 4.98 Å². The van der Waals surface area contributed by atoms with Crippen LogP contribution in [0.25, 0.3) is 0 Å². The number of esters is 1. The van der Waals surface area contributed by atoms with Gasteiger partial charge in [-0.25, -0.2) is 9.78 Å². The van der Waals surface area contributed by atoms with Crippen molar-refractivity contribution < 1.29 is 19.4 Å². The number of hydrogen-bond donors (Lipinski definition) is 2. The number of aryl methyl sites for hydroxylation is 2. The largest absolute Gasteiger partial charge is 0.507 e. The second kappa shape index (κ2) is 9.07. The van der Waals surface area contributed by atoms with E-state index in [0.717, 1.165) is 16.8 Å². The Morgan fingerprint density at radius 3 is 2.79 bits per heavy atom. The van der Waals surface area contributed by atoms with Gasteiger partial charge in [0.25, 0.3) is 0 Å². The number of aromatic hydroxyl groups is 1. The zero-order valence-corrected chi connectivity index (χ0v) is 17.4. The van der Waals surface area contributed by atoms with Crippen LogP contribution in [0.5, 0.6) is 5.75 Å². The summed E-state index contributed by atoms with van der Waals surface area (Å²) in [5, 5.41) is 15.3. The molecule has 8 heteroatoms. The van der Waals surface area contributed by atoms with Crippen LogP contribution in [0, 0.1) is 13.8 Å². The molecule has 0 aliphatic carbocycles. The number of ether oxygens (including phenoxy) is 1. The van der Waals surface area contributed by atoms with E-state index in [2.05, 4.69) is 10.3 Å². The molecule has 0 atom stereocenters. The van der Waals surface area contributed by atoms with Crippen LogP contribution in [0.2, 0.25) is 5.02 Å². The van der Waals surface area contributed by atoms with E-state index in [0.29, 0.717) is 15.7 Å². The van der Waals surface area contributed by atoms with Gasteiger partial charge in [0.1, 0.15) is 22.9 Å². The van der Waals surface area contributed by atoms with Gasteiger partial charge in [-0.2, -0.15) is 0 Å². The van der Waals surface area contributed by atoms with Crippen molar-refractivity contribution in [3.8, 4) is 5.75 Å². The summed E-state index contributed by atoms with van der Waals surface area (Å²) in [5.41, 5.74) is 3.34. The number of thiazole rings is 1. The molecule has 0 fully saturated rings. The molecule has 0 saturated carbocycles. The topological polar surface area (TPSA) is 88.5 Å². The number of aromatic nitrogens is 1. The Morgan fingerprint density at radius 1 is 1.21 bits per heavy atom. The number of hydrogen-bond acceptors (Lipinski definition) is 6. The predicted molar refractivity (Wildman–Crippen MR) is 113 cm³/mol. The lowest BCUT2D eigenvalue weighted by Gasteiger charge is -2.08. The van der Waals surface area contributed by atoms with Crippen molar-refractivity contribution in [2.75, 3.05) is 5.32 Å².